The number of benzene rings is 1. The normalized spacial score (nSPS) is 13.1. The molecule has 0 aliphatic rings. The molecule has 0 aliphatic carbocycles. The minimum Gasteiger partial charge on any atom is -0.394 e. The van der Waals surface area contributed by atoms with E-state index in [-0.39, 0.29) is 29.8 Å². The maximum absolute atomic E-state index is 9.08. The van der Waals surface area contributed by atoms with Crippen molar-refractivity contribution in [2.75, 3.05) is 6.61 Å². The van der Waals surface area contributed by atoms with Crippen LogP contribution < -0.4 is 5.73 Å². The third-order valence-electron chi connectivity index (χ3n) is 1.93. The first-order chi connectivity index (χ1) is 6.94. The van der Waals surface area contributed by atoms with Gasteiger partial charge in [-0.15, -0.1) is 24.2 Å². The number of nitrogens with two attached hydrogens (primary N) is 1. The molecular weight excluding hydrogens is 242 g/mol. The topological polar surface area (TPSA) is 46.2 Å². The van der Waals surface area contributed by atoms with E-state index in [0.717, 1.165) is 10.5 Å². The predicted octanol–water partition coefficient (Wildman–Crippen LogP) is 2.99. The van der Waals surface area contributed by atoms with Gasteiger partial charge in [0.15, 0.2) is 0 Å². The van der Waals surface area contributed by atoms with Crippen LogP contribution in [0.4, 0.5) is 0 Å². The Labute approximate surface area is 108 Å². The molecule has 1 aromatic carbocycles. The van der Waals surface area contributed by atoms with Crippen LogP contribution in [0.2, 0.25) is 0 Å². The van der Waals surface area contributed by atoms with E-state index in [9.17, 15) is 0 Å². The smallest absolute Gasteiger partial charge is 0.0624 e. The molecule has 0 heterocycles. The number of hydrogen-bond donors (Lipinski definition) is 2. The van der Waals surface area contributed by atoms with Crippen molar-refractivity contribution < 1.29 is 5.11 Å². The summed E-state index contributed by atoms with van der Waals surface area (Å²) in [6.07, 6.45) is 0. The molecule has 0 saturated carbocycles. The number of rotatable bonds is 3. The lowest BCUT2D eigenvalue weighted by molar-refractivity contribution is 0.266. The largest absolute Gasteiger partial charge is 0.394 e. The van der Waals surface area contributed by atoms with Gasteiger partial charge in [-0.25, -0.2) is 0 Å². The molecule has 4 heteroatoms. The first kappa shape index (κ1) is 15.8. The Bertz CT molecular complexity index is 325. The molecule has 0 aliphatic heterocycles. The summed E-state index contributed by atoms with van der Waals surface area (Å²) in [4.78, 5) is 1.16. The molecule has 16 heavy (non-hydrogen) atoms. The van der Waals surface area contributed by atoms with Crippen molar-refractivity contribution in [1.82, 2.24) is 0 Å². The van der Waals surface area contributed by atoms with Crippen molar-refractivity contribution in [3.63, 3.8) is 0 Å². The average Bonchev–Trinajstić information content (AvgIpc) is 2.15. The minimum absolute atomic E-state index is 0. The second-order valence-corrected chi connectivity index (χ2v) is 6.41. The number of aliphatic hydroxyl groups is 1. The second-order valence-electron chi connectivity index (χ2n) is 4.54. The van der Waals surface area contributed by atoms with Gasteiger partial charge in [-0.1, -0.05) is 39.0 Å². The number of halogens is 1. The van der Waals surface area contributed by atoms with Crippen LogP contribution in [0.15, 0.2) is 29.2 Å². The summed E-state index contributed by atoms with van der Waals surface area (Å²) in [6.45, 7) is 6.48. The highest BCUT2D eigenvalue weighted by molar-refractivity contribution is 8.00. The van der Waals surface area contributed by atoms with Crippen LogP contribution in [-0.2, 0) is 0 Å². The zero-order chi connectivity index (χ0) is 11.5. The zero-order valence-corrected chi connectivity index (χ0v) is 11.6. The average molecular weight is 262 g/mol. The summed E-state index contributed by atoms with van der Waals surface area (Å²) in [6, 6.07) is 7.71. The van der Waals surface area contributed by atoms with E-state index in [1.54, 1.807) is 11.8 Å². The van der Waals surface area contributed by atoms with Gasteiger partial charge >= 0.3 is 0 Å². The quantitative estimate of drug-likeness (QED) is 0.823. The van der Waals surface area contributed by atoms with Gasteiger partial charge in [-0.3, -0.25) is 0 Å². The van der Waals surface area contributed by atoms with E-state index in [1.165, 1.54) is 0 Å². The van der Waals surface area contributed by atoms with Crippen molar-refractivity contribution in [1.29, 1.82) is 0 Å². The first-order valence-electron chi connectivity index (χ1n) is 5.08. The van der Waals surface area contributed by atoms with Gasteiger partial charge in [-0.05, 0) is 11.6 Å². The number of aliphatic hydroxyl groups excluding tert-OH is 1. The van der Waals surface area contributed by atoms with E-state index in [4.69, 9.17) is 10.8 Å². The molecule has 0 radical (unpaired) electrons. The molecule has 0 amide bonds. The van der Waals surface area contributed by atoms with E-state index in [0.29, 0.717) is 0 Å². The summed E-state index contributed by atoms with van der Waals surface area (Å²) in [7, 11) is 0. The Morgan fingerprint density at radius 3 is 2.38 bits per heavy atom. The first-order valence-corrected chi connectivity index (χ1v) is 5.90. The Morgan fingerprint density at radius 2 is 1.88 bits per heavy atom. The summed E-state index contributed by atoms with van der Waals surface area (Å²) < 4.78 is 0.158. The van der Waals surface area contributed by atoms with Crippen molar-refractivity contribution in [2.45, 2.75) is 36.5 Å². The van der Waals surface area contributed by atoms with Gasteiger partial charge < -0.3 is 10.8 Å². The lowest BCUT2D eigenvalue weighted by Crippen LogP contribution is -2.16. The summed E-state index contributed by atoms with van der Waals surface area (Å²) in [5.74, 6) is 0. The van der Waals surface area contributed by atoms with Crippen LogP contribution in [-0.4, -0.2) is 16.5 Å². The maximum atomic E-state index is 9.08. The second kappa shape index (κ2) is 6.50. The molecule has 0 spiro atoms. The van der Waals surface area contributed by atoms with E-state index in [1.807, 2.05) is 18.2 Å². The molecule has 0 bridgehead atoms. The van der Waals surface area contributed by atoms with Gasteiger partial charge in [0.25, 0.3) is 0 Å². The van der Waals surface area contributed by atoms with Crippen molar-refractivity contribution >= 4 is 24.2 Å². The zero-order valence-electron chi connectivity index (χ0n) is 9.93. The highest BCUT2D eigenvalue weighted by Crippen LogP contribution is 2.35. The van der Waals surface area contributed by atoms with E-state index in [2.05, 4.69) is 26.8 Å². The van der Waals surface area contributed by atoms with Gasteiger partial charge in [0.2, 0.25) is 0 Å². The van der Waals surface area contributed by atoms with Crippen molar-refractivity contribution in [3.8, 4) is 0 Å². The molecule has 0 fully saturated rings. The molecule has 2 nitrogen and oxygen atoms in total. The lowest BCUT2D eigenvalue weighted by atomic mass is 10.1. The van der Waals surface area contributed by atoms with Gasteiger partial charge in [0.1, 0.15) is 0 Å². The Kier molecular flexibility index (Phi) is 6.41. The van der Waals surface area contributed by atoms with E-state index < -0.39 is 0 Å². The predicted molar refractivity (Wildman–Crippen MR) is 73.3 cm³/mol. The minimum atomic E-state index is -0.281. The van der Waals surface area contributed by atoms with Crippen LogP contribution >= 0.6 is 24.2 Å². The Hall–Kier alpha value is -0.220. The van der Waals surface area contributed by atoms with Crippen LogP contribution in [0.1, 0.15) is 32.4 Å². The van der Waals surface area contributed by atoms with Gasteiger partial charge in [0.05, 0.1) is 12.6 Å². The molecule has 0 saturated heterocycles. The van der Waals surface area contributed by atoms with Crippen molar-refractivity contribution in [3.05, 3.63) is 29.8 Å². The third kappa shape index (κ3) is 4.74. The number of hydrogen-bond acceptors (Lipinski definition) is 3. The lowest BCUT2D eigenvalue weighted by Gasteiger charge is -2.21. The van der Waals surface area contributed by atoms with Gasteiger partial charge in [0, 0.05) is 9.64 Å². The maximum Gasteiger partial charge on any atom is 0.0624 e. The Balaban J connectivity index is 0.00000225. The molecule has 0 unspecified atom stereocenters. The highest BCUT2D eigenvalue weighted by atomic mass is 35.5. The number of thioether (sulfide) groups is 1. The summed E-state index contributed by atoms with van der Waals surface area (Å²) in [5.41, 5.74) is 6.88. The molecule has 1 aromatic rings. The standard InChI is InChI=1S/C12H19NOS.ClH/c1-12(2,3)15-11-7-5-4-6-9(11)10(13)8-14;/h4-7,10,14H,8,13H2,1-3H3;1H/t10-;/m1./s1. The van der Waals surface area contributed by atoms with Crippen LogP contribution in [0.3, 0.4) is 0 Å². The Morgan fingerprint density at radius 1 is 1.31 bits per heavy atom. The third-order valence-corrected chi connectivity index (χ3v) is 3.14. The van der Waals surface area contributed by atoms with Crippen LogP contribution in [0, 0.1) is 0 Å². The highest BCUT2D eigenvalue weighted by Gasteiger charge is 2.16. The van der Waals surface area contributed by atoms with Crippen molar-refractivity contribution in [2.24, 2.45) is 5.73 Å². The summed E-state index contributed by atoms with van der Waals surface area (Å²) >= 11 is 1.78. The fourth-order valence-electron chi connectivity index (χ4n) is 1.31. The molecule has 92 valence electrons. The molecule has 1 rings (SSSR count). The molecular formula is C12H20ClNOS. The molecule has 1 atom stereocenters. The summed E-state index contributed by atoms with van der Waals surface area (Å²) in [5, 5.41) is 9.08. The monoisotopic (exact) mass is 261 g/mol. The fourth-order valence-corrected chi connectivity index (χ4v) is 2.45. The molecule has 0 aromatic heterocycles. The van der Waals surface area contributed by atoms with Crippen LogP contribution in [0.25, 0.3) is 0 Å². The van der Waals surface area contributed by atoms with Gasteiger partial charge in [-0.2, -0.15) is 0 Å². The molecule has 3 N–H and O–H groups in total. The fraction of sp³-hybridized carbons (Fsp3) is 0.500. The van der Waals surface area contributed by atoms with E-state index >= 15 is 0 Å². The van der Waals surface area contributed by atoms with Crippen LogP contribution in [0.5, 0.6) is 0 Å². The SMILES string of the molecule is CC(C)(C)Sc1ccccc1[C@H](N)CO.Cl.